The van der Waals surface area contributed by atoms with Crippen molar-refractivity contribution >= 4 is 23.0 Å². The predicted molar refractivity (Wildman–Crippen MR) is 71.7 cm³/mol. The van der Waals surface area contributed by atoms with Crippen LogP contribution in [0.25, 0.3) is 0 Å². The van der Waals surface area contributed by atoms with Gasteiger partial charge in [-0.25, -0.2) is 13.2 Å². The molecule has 2 aromatic rings. The molecule has 0 aromatic heterocycles. The summed E-state index contributed by atoms with van der Waals surface area (Å²) < 4.78 is 40.3. The molecular formula is C13H8ClF3N2O2. The van der Waals surface area contributed by atoms with Crippen LogP contribution in [0.1, 0.15) is 5.56 Å². The zero-order chi connectivity index (χ0) is 15.6. The number of nitro benzene ring substituents is 1. The van der Waals surface area contributed by atoms with Gasteiger partial charge < -0.3 is 5.32 Å². The van der Waals surface area contributed by atoms with E-state index in [4.69, 9.17) is 11.6 Å². The van der Waals surface area contributed by atoms with Crippen LogP contribution in [-0.2, 0) is 6.54 Å². The second kappa shape index (κ2) is 6.01. The van der Waals surface area contributed by atoms with E-state index in [1.54, 1.807) is 0 Å². The van der Waals surface area contributed by atoms with Crippen molar-refractivity contribution in [2.45, 2.75) is 6.54 Å². The third kappa shape index (κ3) is 3.25. The second-order valence-electron chi connectivity index (χ2n) is 4.10. The summed E-state index contributed by atoms with van der Waals surface area (Å²) in [6.45, 7) is -0.284. The van der Waals surface area contributed by atoms with Crippen molar-refractivity contribution in [3.63, 3.8) is 0 Å². The monoisotopic (exact) mass is 316 g/mol. The zero-order valence-electron chi connectivity index (χ0n) is 10.4. The SMILES string of the molecule is O=[N+]([O-])c1ccc(F)c(F)c1NCc1cc(Cl)ccc1F. The van der Waals surface area contributed by atoms with Crippen LogP contribution in [0.2, 0.25) is 5.02 Å². The van der Waals surface area contributed by atoms with E-state index in [9.17, 15) is 23.3 Å². The maximum absolute atomic E-state index is 13.6. The Hall–Kier alpha value is -2.28. The molecule has 21 heavy (non-hydrogen) atoms. The van der Waals surface area contributed by atoms with Crippen LogP contribution in [-0.4, -0.2) is 4.92 Å². The molecule has 0 amide bonds. The summed E-state index contributed by atoms with van der Waals surface area (Å²) in [6.07, 6.45) is 0. The van der Waals surface area contributed by atoms with Gasteiger partial charge in [-0.05, 0) is 24.3 Å². The topological polar surface area (TPSA) is 55.2 Å². The predicted octanol–water partition coefficient (Wildman–Crippen LogP) is 4.28. The minimum atomic E-state index is -1.40. The molecule has 8 heteroatoms. The Labute approximate surface area is 122 Å². The standard InChI is InChI=1S/C13H8ClF3N2O2/c14-8-1-2-9(15)7(5-8)6-18-13-11(19(20)21)4-3-10(16)12(13)17/h1-5,18H,6H2. The Morgan fingerprint density at radius 3 is 2.48 bits per heavy atom. The summed E-state index contributed by atoms with van der Waals surface area (Å²) in [7, 11) is 0. The minimum Gasteiger partial charge on any atom is -0.373 e. The molecule has 0 unspecified atom stereocenters. The van der Waals surface area contributed by atoms with Crippen molar-refractivity contribution in [3.8, 4) is 0 Å². The summed E-state index contributed by atoms with van der Waals surface area (Å²) in [5.74, 6) is -3.26. The Morgan fingerprint density at radius 2 is 1.81 bits per heavy atom. The van der Waals surface area contributed by atoms with Crippen molar-refractivity contribution in [2.75, 3.05) is 5.32 Å². The van der Waals surface area contributed by atoms with Gasteiger partial charge in [0, 0.05) is 23.2 Å². The van der Waals surface area contributed by atoms with Crippen molar-refractivity contribution in [2.24, 2.45) is 0 Å². The molecule has 0 aliphatic heterocycles. The molecule has 0 saturated heterocycles. The molecule has 1 N–H and O–H groups in total. The quantitative estimate of drug-likeness (QED) is 0.676. The number of rotatable bonds is 4. The van der Waals surface area contributed by atoms with Gasteiger partial charge in [-0.1, -0.05) is 11.6 Å². The van der Waals surface area contributed by atoms with Crippen LogP contribution in [0.5, 0.6) is 0 Å². The molecule has 0 bridgehead atoms. The minimum absolute atomic E-state index is 0.0699. The first-order chi connectivity index (χ1) is 9.90. The van der Waals surface area contributed by atoms with Crippen molar-refractivity contribution in [1.29, 1.82) is 0 Å². The number of anilines is 1. The molecule has 2 aromatic carbocycles. The maximum Gasteiger partial charge on any atom is 0.295 e. The number of hydrogen-bond donors (Lipinski definition) is 1. The normalized spacial score (nSPS) is 10.5. The molecule has 0 saturated carbocycles. The van der Waals surface area contributed by atoms with Gasteiger partial charge in [0.2, 0.25) is 0 Å². The summed E-state index contributed by atoms with van der Waals surface area (Å²) in [5.41, 5.74) is -1.21. The number of nitrogens with one attached hydrogen (secondary N) is 1. The molecule has 0 atom stereocenters. The summed E-state index contributed by atoms with van der Waals surface area (Å²) >= 11 is 5.70. The Bertz CT molecular complexity index is 710. The van der Waals surface area contributed by atoms with Crippen molar-refractivity contribution in [3.05, 3.63) is 68.5 Å². The van der Waals surface area contributed by atoms with E-state index >= 15 is 0 Å². The number of nitrogens with zero attached hydrogens (tertiary/aromatic N) is 1. The van der Waals surface area contributed by atoms with Crippen molar-refractivity contribution < 1.29 is 18.1 Å². The molecule has 0 spiro atoms. The number of nitro groups is 1. The first-order valence-electron chi connectivity index (χ1n) is 5.70. The first kappa shape index (κ1) is 15.1. The summed E-state index contributed by atoms with van der Waals surface area (Å²) in [4.78, 5) is 9.94. The van der Waals surface area contributed by atoms with E-state index < -0.39 is 33.7 Å². The highest BCUT2D eigenvalue weighted by Gasteiger charge is 2.21. The third-order valence-corrected chi connectivity index (χ3v) is 2.97. The molecule has 2 rings (SSSR count). The van der Waals surface area contributed by atoms with Crippen LogP contribution < -0.4 is 5.32 Å². The first-order valence-corrected chi connectivity index (χ1v) is 6.08. The highest BCUT2D eigenvalue weighted by molar-refractivity contribution is 6.30. The van der Waals surface area contributed by atoms with Gasteiger partial charge in [-0.2, -0.15) is 0 Å². The molecule has 0 aliphatic carbocycles. The lowest BCUT2D eigenvalue weighted by Gasteiger charge is -2.09. The fraction of sp³-hybridized carbons (Fsp3) is 0.0769. The van der Waals surface area contributed by atoms with E-state index in [1.165, 1.54) is 12.1 Å². The fourth-order valence-electron chi connectivity index (χ4n) is 1.72. The highest BCUT2D eigenvalue weighted by atomic mass is 35.5. The average Bonchev–Trinajstić information content (AvgIpc) is 2.43. The largest absolute Gasteiger partial charge is 0.373 e. The molecule has 0 heterocycles. The molecule has 0 radical (unpaired) electrons. The number of benzene rings is 2. The van der Waals surface area contributed by atoms with Gasteiger partial charge in [0.15, 0.2) is 17.3 Å². The van der Waals surface area contributed by atoms with E-state index in [-0.39, 0.29) is 17.1 Å². The molecule has 110 valence electrons. The van der Waals surface area contributed by atoms with Crippen molar-refractivity contribution in [1.82, 2.24) is 0 Å². The van der Waals surface area contributed by atoms with Gasteiger partial charge in [0.25, 0.3) is 5.69 Å². The second-order valence-corrected chi connectivity index (χ2v) is 4.54. The Morgan fingerprint density at radius 1 is 1.14 bits per heavy atom. The van der Waals surface area contributed by atoms with Crippen LogP contribution in [0, 0.1) is 27.6 Å². The lowest BCUT2D eigenvalue weighted by Crippen LogP contribution is -2.07. The molecule has 4 nitrogen and oxygen atoms in total. The molecule has 0 fully saturated rings. The number of hydrogen-bond acceptors (Lipinski definition) is 3. The van der Waals surface area contributed by atoms with Gasteiger partial charge in [0.05, 0.1) is 4.92 Å². The summed E-state index contributed by atoms with van der Waals surface area (Å²) in [5, 5.41) is 13.4. The highest BCUT2D eigenvalue weighted by Crippen LogP contribution is 2.29. The Kier molecular flexibility index (Phi) is 4.32. The van der Waals surface area contributed by atoms with E-state index in [0.29, 0.717) is 6.07 Å². The maximum atomic E-state index is 13.6. The van der Waals surface area contributed by atoms with E-state index in [0.717, 1.165) is 12.1 Å². The van der Waals surface area contributed by atoms with Gasteiger partial charge in [0.1, 0.15) is 5.82 Å². The Balaban J connectivity index is 2.33. The smallest absolute Gasteiger partial charge is 0.295 e. The van der Waals surface area contributed by atoms with Crippen LogP contribution in [0.3, 0.4) is 0 Å². The van der Waals surface area contributed by atoms with Crippen LogP contribution >= 0.6 is 11.6 Å². The van der Waals surface area contributed by atoms with Gasteiger partial charge in [-0.15, -0.1) is 0 Å². The lowest BCUT2D eigenvalue weighted by atomic mass is 10.2. The average molecular weight is 317 g/mol. The molecular weight excluding hydrogens is 309 g/mol. The van der Waals surface area contributed by atoms with E-state index in [2.05, 4.69) is 5.32 Å². The van der Waals surface area contributed by atoms with Gasteiger partial charge >= 0.3 is 0 Å². The fourth-order valence-corrected chi connectivity index (χ4v) is 1.92. The van der Waals surface area contributed by atoms with Crippen LogP contribution in [0.15, 0.2) is 30.3 Å². The van der Waals surface area contributed by atoms with Gasteiger partial charge in [-0.3, -0.25) is 10.1 Å². The van der Waals surface area contributed by atoms with Crippen LogP contribution in [0.4, 0.5) is 24.5 Å². The van der Waals surface area contributed by atoms with E-state index in [1.807, 2.05) is 0 Å². The zero-order valence-corrected chi connectivity index (χ0v) is 11.1. The lowest BCUT2D eigenvalue weighted by molar-refractivity contribution is -0.384. The molecule has 0 aliphatic rings. The summed E-state index contributed by atoms with van der Waals surface area (Å²) in [6, 6.07) is 5.20. The third-order valence-electron chi connectivity index (χ3n) is 2.73. The number of halogens is 4.